The summed E-state index contributed by atoms with van der Waals surface area (Å²) in [5.74, 6) is 1.94. The smallest absolute Gasteiger partial charge is 0.257 e. The first-order valence-electron chi connectivity index (χ1n) is 10.5. The van der Waals surface area contributed by atoms with Gasteiger partial charge in [-0.1, -0.05) is 6.92 Å². The maximum absolute atomic E-state index is 13.5. The minimum absolute atomic E-state index is 0.0168. The van der Waals surface area contributed by atoms with Crippen molar-refractivity contribution in [2.24, 2.45) is 5.92 Å². The maximum atomic E-state index is 13.5. The molecule has 3 aromatic rings. The van der Waals surface area contributed by atoms with Gasteiger partial charge in [0.1, 0.15) is 11.5 Å². The third kappa shape index (κ3) is 4.26. The SMILES string of the molecule is COc1ccc(Nc2c(C(=O)N3CCC(C)CC3)cnc3nc(C)ccc23)c(OC)c1. The third-order valence-electron chi connectivity index (χ3n) is 5.84. The minimum Gasteiger partial charge on any atom is -0.497 e. The zero-order valence-corrected chi connectivity index (χ0v) is 18.4. The van der Waals surface area contributed by atoms with Crippen molar-refractivity contribution in [1.29, 1.82) is 0 Å². The van der Waals surface area contributed by atoms with Gasteiger partial charge in [0.25, 0.3) is 5.91 Å². The Balaban J connectivity index is 1.80. The number of pyridine rings is 2. The third-order valence-corrected chi connectivity index (χ3v) is 5.84. The highest BCUT2D eigenvalue weighted by Crippen LogP contribution is 2.36. The summed E-state index contributed by atoms with van der Waals surface area (Å²) in [6, 6.07) is 9.42. The number of aryl methyl sites for hydroxylation is 1. The fourth-order valence-electron chi connectivity index (χ4n) is 3.89. The highest BCUT2D eigenvalue weighted by Gasteiger charge is 2.25. The molecule has 162 valence electrons. The summed E-state index contributed by atoms with van der Waals surface area (Å²) in [6.45, 7) is 5.68. The Bertz CT molecular complexity index is 1110. The molecule has 1 aromatic carbocycles. The number of carbonyl (C=O) groups excluding carboxylic acids is 1. The van der Waals surface area contributed by atoms with Crippen molar-refractivity contribution in [2.75, 3.05) is 32.6 Å². The van der Waals surface area contributed by atoms with Gasteiger partial charge in [-0.25, -0.2) is 9.97 Å². The van der Waals surface area contributed by atoms with E-state index in [1.807, 2.05) is 42.2 Å². The van der Waals surface area contributed by atoms with Gasteiger partial charge in [0.2, 0.25) is 0 Å². The molecule has 1 aliphatic heterocycles. The van der Waals surface area contributed by atoms with E-state index in [9.17, 15) is 4.79 Å². The summed E-state index contributed by atoms with van der Waals surface area (Å²) in [6.07, 6.45) is 3.67. The minimum atomic E-state index is -0.0168. The Morgan fingerprint density at radius 1 is 1.13 bits per heavy atom. The second-order valence-electron chi connectivity index (χ2n) is 8.04. The number of carbonyl (C=O) groups is 1. The van der Waals surface area contributed by atoms with Crippen LogP contribution in [0.4, 0.5) is 11.4 Å². The molecule has 0 aliphatic carbocycles. The highest BCUT2D eigenvalue weighted by atomic mass is 16.5. The lowest BCUT2D eigenvalue weighted by Gasteiger charge is -2.31. The second-order valence-corrected chi connectivity index (χ2v) is 8.04. The van der Waals surface area contributed by atoms with Crippen LogP contribution in [-0.4, -0.2) is 48.1 Å². The van der Waals surface area contributed by atoms with Crippen LogP contribution in [0.3, 0.4) is 0 Å². The van der Waals surface area contributed by atoms with Gasteiger partial charge in [0.05, 0.1) is 31.2 Å². The van der Waals surface area contributed by atoms with Crippen LogP contribution in [0.15, 0.2) is 36.5 Å². The molecule has 0 atom stereocenters. The molecule has 31 heavy (non-hydrogen) atoms. The van der Waals surface area contributed by atoms with Gasteiger partial charge in [-0.3, -0.25) is 4.79 Å². The number of nitrogens with zero attached hydrogens (tertiary/aromatic N) is 3. The number of likely N-dealkylation sites (tertiary alicyclic amines) is 1. The van der Waals surface area contributed by atoms with E-state index in [2.05, 4.69) is 22.2 Å². The predicted molar refractivity (Wildman–Crippen MR) is 121 cm³/mol. The van der Waals surface area contributed by atoms with E-state index in [1.165, 1.54) is 0 Å². The van der Waals surface area contributed by atoms with E-state index in [1.54, 1.807) is 20.4 Å². The molecule has 4 rings (SSSR count). The predicted octanol–water partition coefficient (Wildman–Crippen LogP) is 4.57. The summed E-state index contributed by atoms with van der Waals surface area (Å²) in [5.41, 5.74) is 3.42. The number of anilines is 2. The van der Waals surface area contributed by atoms with Gasteiger partial charge in [-0.15, -0.1) is 0 Å². The Hall–Kier alpha value is -3.35. The van der Waals surface area contributed by atoms with Crippen LogP contribution in [0, 0.1) is 12.8 Å². The number of rotatable bonds is 5. The molecule has 1 fully saturated rings. The Morgan fingerprint density at radius 2 is 1.90 bits per heavy atom. The number of nitrogens with one attached hydrogen (secondary N) is 1. The largest absolute Gasteiger partial charge is 0.497 e. The highest BCUT2D eigenvalue weighted by molar-refractivity contribution is 6.07. The molecule has 1 saturated heterocycles. The number of hydrogen-bond acceptors (Lipinski definition) is 6. The molecule has 3 heterocycles. The number of amides is 1. The fourth-order valence-corrected chi connectivity index (χ4v) is 3.89. The zero-order valence-electron chi connectivity index (χ0n) is 18.4. The van der Waals surface area contributed by atoms with Crippen molar-refractivity contribution in [3.05, 3.63) is 47.8 Å². The van der Waals surface area contributed by atoms with Crippen LogP contribution in [0.5, 0.6) is 11.5 Å². The first kappa shape index (κ1) is 20.9. The molecule has 1 amide bonds. The van der Waals surface area contributed by atoms with Gasteiger partial charge < -0.3 is 19.7 Å². The quantitative estimate of drug-likeness (QED) is 0.652. The van der Waals surface area contributed by atoms with Gasteiger partial charge in [0.15, 0.2) is 5.65 Å². The van der Waals surface area contributed by atoms with Gasteiger partial charge in [-0.05, 0) is 49.9 Å². The van der Waals surface area contributed by atoms with Crippen LogP contribution in [0.25, 0.3) is 11.0 Å². The maximum Gasteiger partial charge on any atom is 0.257 e. The van der Waals surface area contributed by atoms with Crippen molar-refractivity contribution in [3.63, 3.8) is 0 Å². The van der Waals surface area contributed by atoms with E-state index in [-0.39, 0.29) is 5.91 Å². The standard InChI is InChI=1S/C24H28N4O3/c1-15-9-11-28(12-10-15)24(29)19-14-25-23-18(7-5-16(2)26-23)22(19)27-20-8-6-17(30-3)13-21(20)31-4/h5-8,13-15H,9-12H2,1-4H3,(H,25,26,27). The van der Waals surface area contributed by atoms with Crippen LogP contribution in [-0.2, 0) is 0 Å². The summed E-state index contributed by atoms with van der Waals surface area (Å²) in [4.78, 5) is 24.4. The molecule has 0 bridgehead atoms. The first-order valence-corrected chi connectivity index (χ1v) is 10.5. The second kappa shape index (κ2) is 8.79. The molecule has 1 N–H and O–H groups in total. The summed E-state index contributed by atoms with van der Waals surface area (Å²) in [5, 5.41) is 4.22. The number of aromatic nitrogens is 2. The number of benzene rings is 1. The fraction of sp³-hybridized carbons (Fsp3) is 0.375. The van der Waals surface area contributed by atoms with Gasteiger partial charge in [-0.2, -0.15) is 0 Å². The average Bonchev–Trinajstić information content (AvgIpc) is 2.79. The lowest BCUT2D eigenvalue weighted by Crippen LogP contribution is -2.38. The van der Waals surface area contributed by atoms with E-state index in [0.717, 1.165) is 42.7 Å². The molecular formula is C24H28N4O3. The summed E-state index contributed by atoms with van der Waals surface area (Å²) >= 11 is 0. The Labute approximate surface area is 182 Å². The van der Waals surface area contributed by atoms with E-state index in [4.69, 9.17) is 9.47 Å². The van der Waals surface area contributed by atoms with E-state index in [0.29, 0.717) is 34.3 Å². The van der Waals surface area contributed by atoms with E-state index >= 15 is 0 Å². The number of hydrogen-bond donors (Lipinski definition) is 1. The topological polar surface area (TPSA) is 76.6 Å². The molecule has 0 unspecified atom stereocenters. The molecule has 2 aromatic heterocycles. The molecule has 0 saturated carbocycles. The molecule has 7 heteroatoms. The average molecular weight is 421 g/mol. The molecule has 7 nitrogen and oxygen atoms in total. The van der Waals surface area contributed by atoms with Gasteiger partial charge in [0, 0.05) is 36.4 Å². The zero-order chi connectivity index (χ0) is 22.0. The van der Waals surface area contributed by atoms with Crippen LogP contribution in [0.1, 0.15) is 35.8 Å². The molecule has 0 spiro atoms. The van der Waals surface area contributed by atoms with Crippen molar-refractivity contribution in [1.82, 2.24) is 14.9 Å². The first-order chi connectivity index (χ1) is 15.0. The van der Waals surface area contributed by atoms with Crippen LogP contribution < -0.4 is 14.8 Å². The Kier molecular flexibility index (Phi) is 5.93. The molecule has 0 radical (unpaired) electrons. The van der Waals surface area contributed by atoms with Crippen molar-refractivity contribution in [3.8, 4) is 11.5 Å². The van der Waals surface area contributed by atoms with Gasteiger partial charge >= 0.3 is 0 Å². The molecular weight excluding hydrogens is 392 g/mol. The van der Waals surface area contributed by atoms with E-state index < -0.39 is 0 Å². The lowest BCUT2D eigenvalue weighted by molar-refractivity contribution is 0.0698. The normalized spacial score (nSPS) is 14.5. The lowest BCUT2D eigenvalue weighted by atomic mass is 9.98. The Morgan fingerprint density at radius 3 is 2.61 bits per heavy atom. The molecule has 1 aliphatic rings. The van der Waals surface area contributed by atoms with Crippen molar-refractivity contribution in [2.45, 2.75) is 26.7 Å². The number of piperidine rings is 1. The van der Waals surface area contributed by atoms with Crippen LogP contribution in [0.2, 0.25) is 0 Å². The van der Waals surface area contributed by atoms with Crippen molar-refractivity contribution < 1.29 is 14.3 Å². The summed E-state index contributed by atoms with van der Waals surface area (Å²) < 4.78 is 10.9. The summed E-state index contributed by atoms with van der Waals surface area (Å²) in [7, 11) is 3.22. The number of methoxy groups -OCH3 is 2. The number of ether oxygens (including phenoxy) is 2. The van der Waals surface area contributed by atoms with Crippen LogP contribution >= 0.6 is 0 Å². The number of fused-ring (bicyclic) bond motifs is 1. The monoisotopic (exact) mass is 420 g/mol. The van der Waals surface area contributed by atoms with Crippen molar-refractivity contribution >= 4 is 28.3 Å².